The molecule has 0 atom stereocenters. The molecule has 0 unspecified atom stereocenters. The number of hydrogen-bond donors (Lipinski definition) is 1. The fourth-order valence-corrected chi connectivity index (χ4v) is 1.30. The SMILES string of the molecule is Cc1ccc2ocnc2c1C(=O)O. The zero-order valence-electron chi connectivity index (χ0n) is 6.94. The number of nitrogens with zero attached hydrogens (tertiary/aromatic N) is 1. The standard InChI is InChI=1S/C9H7NO3/c1-5-2-3-6-8(10-4-13-6)7(5)9(11)12/h2-4H,1H3,(H,11,12). The number of fused-ring (bicyclic) bond motifs is 1. The first-order chi connectivity index (χ1) is 6.20. The minimum atomic E-state index is -0.975. The van der Waals surface area contributed by atoms with Gasteiger partial charge >= 0.3 is 5.97 Å². The van der Waals surface area contributed by atoms with Gasteiger partial charge < -0.3 is 9.52 Å². The number of hydrogen-bond acceptors (Lipinski definition) is 3. The number of carboxylic acid groups (broad SMARTS) is 1. The fraction of sp³-hybridized carbons (Fsp3) is 0.111. The van der Waals surface area contributed by atoms with Gasteiger partial charge in [0.15, 0.2) is 12.0 Å². The van der Waals surface area contributed by atoms with E-state index in [1.165, 1.54) is 6.39 Å². The number of aromatic nitrogens is 1. The predicted molar refractivity (Wildman–Crippen MR) is 45.7 cm³/mol. The van der Waals surface area contributed by atoms with Crippen LogP contribution in [0.25, 0.3) is 11.1 Å². The Morgan fingerprint density at radius 2 is 2.31 bits per heavy atom. The molecule has 66 valence electrons. The zero-order valence-corrected chi connectivity index (χ0v) is 6.94. The number of oxazole rings is 1. The van der Waals surface area contributed by atoms with Crippen molar-refractivity contribution in [3.05, 3.63) is 29.7 Å². The second-order valence-electron chi connectivity index (χ2n) is 2.76. The van der Waals surface area contributed by atoms with E-state index >= 15 is 0 Å². The first-order valence-electron chi connectivity index (χ1n) is 3.76. The highest BCUT2D eigenvalue weighted by atomic mass is 16.4. The maximum Gasteiger partial charge on any atom is 0.338 e. The number of carboxylic acids is 1. The van der Waals surface area contributed by atoms with E-state index in [9.17, 15) is 4.79 Å². The van der Waals surface area contributed by atoms with E-state index in [1.54, 1.807) is 19.1 Å². The van der Waals surface area contributed by atoms with Crippen LogP contribution >= 0.6 is 0 Å². The molecule has 13 heavy (non-hydrogen) atoms. The summed E-state index contributed by atoms with van der Waals surface area (Å²) in [6, 6.07) is 3.42. The van der Waals surface area contributed by atoms with E-state index in [0.717, 1.165) is 0 Å². The van der Waals surface area contributed by atoms with Crippen LogP contribution in [-0.2, 0) is 0 Å². The molecule has 4 nitrogen and oxygen atoms in total. The van der Waals surface area contributed by atoms with Crippen molar-refractivity contribution in [2.45, 2.75) is 6.92 Å². The highest BCUT2D eigenvalue weighted by Gasteiger charge is 2.14. The van der Waals surface area contributed by atoms with Crippen molar-refractivity contribution in [1.82, 2.24) is 4.98 Å². The Morgan fingerprint density at radius 1 is 1.54 bits per heavy atom. The van der Waals surface area contributed by atoms with Gasteiger partial charge in [-0.1, -0.05) is 6.07 Å². The van der Waals surface area contributed by atoms with Crippen LogP contribution in [-0.4, -0.2) is 16.1 Å². The van der Waals surface area contributed by atoms with Gasteiger partial charge in [-0.2, -0.15) is 0 Å². The van der Waals surface area contributed by atoms with Gasteiger partial charge in [0, 0.05) is 0 Å². The Morgan fingerprint density at radius 3 is 3.00 bits per heavy atom. The summed E-state index contributed by atoms with van der Waals surface area (Å²) in [5.74, 6) is -0.975. The molecule has 0 spiro atoms. The molecule has 1 heterocycles. The van der Waals surface area contributed by atoms with Gasteiger partial charge in [0.05, 0.1) is 5.56 Å². The van der Waals surface area contributed by atoms with E-state index in [2.05, 4.69) is 4.98 Å². The molecule has 0 bridgehead atoms. The van der Waals surface area contributed by atoms with Crippen LogP contribution in [0.5, 0.6) is 0 Å². The zero-order chi connectivity index (χ0) is 9.42. The third-order valence-electron chi connectivity index (χ3n) is 1.92. The van der Waals surface area contributed by atoms with E-state index in [-0.39, 0.29) is 5.56 Å². The Hall–Kier alpha value is -1.84. The lowest BCUT2D eigenvalue weighted by atomic mass is 10.1. The third-order valence-corrected chi connectivity index (χ3v) is 1.92. The van der Waals surface area contributed by atoms with Gasteiger partial charge in [-0.3, -0.25) is 0 Å². The van der Waals surface area contributed by atoms with Crippen molar-refractivity contribution >= 4 is 17.1 Å². The van der Waals surface area contributed by atoms with Gasteiger partial charge in [-0.25, -0.2) is 9.78 Å². The van der Waals surface area contributed by atoms with Crippen LogP contribution in [0.2, 0.25) is 0 Å². The van der Waals surface area contributed by atoms with Crippen LogP contribution in [0.15, 0.2) is 22.9 Å². The van der Waals surface area contributed by atoms with Gasteiger partial charge in [-0.05, 0) is 18.6 Å². The Labute approximate surface area is 73.8 Å². The summed E-state index contributed by atoms with van der Waals surface area (Å²) < 4.78 is 4.99. The smallest absolute Gasteiger partial charge is 0.338 e. The summed E-state index contributed by atoms with van der Waals surface area (Å²) in [5, 5.41) is 8.90. The second-order valence-corrected chi connectivity index (χ2v) is 2.76. The van der Waals surface area contributed by atoms with Crippen molar-refractivity contribution in [2.75, 3.05) is 0 Å². The number of carbonyl (C=O) groups is 1. The largest absolute Gasteiger partial charge is 0.478 e. The topological polar surface area (TPSA) is 63.3 Å². The van der Waals surface area contributed by atoms with Crippen LogP contribution in [0, 0.1) is 6.92 Å². The van der Waals surface area contributed by atoms with Gasteiger partial charge in [0.25, 0.3) is 0 Å². The quantitative estimate of drug-likeness (QED) is 0.721. The minimum Gasteiger partial charge on any atom is -0.478 e. The molecule has 2 rings (SSSR count). The molecule has 0 aliphatic rings. The van der Waals surface area contributed by atoms with Crippen LogP contribution < -0.4 is 0 Å². The molecule has 1 aromatic heterocycles. The fourth-order valence-electron chi connectivity index (χ4n) is 1.30. The summed E-state index contributed by atoms with van der Waals surface area (Å²) in [7, 11) is 0. The van der Waals surface area contributed by atoms with Gasteiger partial charge in [0.1, 0.15) is 5.52 Å². The first kappa shape index (κ1) is 7.79. The average molecular weight is 177 g/mol. The molecule has 0 saturated heterocycles. The molecule has 4 heteroatoms. The van der Waals surface area contributed by atoms with E-state index in [0.29, 0.717) is 16.7 Å². The monoisotopic (exact) mass is 177 g/mol. The molecule has 0 aliphatic carbocycles. The van der Waals surface area contributed by atoms with Crippen LogP contribution in [0.1, 0.15) is 15.9 Å². The van der Waals surface area contributed by atoms with E-state index in [4.69, 9.17) is 9.52 Å². The van der Waals surface area contributed by atoms with E-state index < -0.39 is 5.97 Å². The summed E-state index contributed by atoms with van der Waals surface area (Å²) in [5.41, 5.74) is 1.82. The van der Waals surface area contributed by atoms with Crippen LogP contribution in [0.4, 0.5) is 0 Å². The summed E-state index contributed by atoms with van der Waals surface area (Å²) in [6.45, 7) is 1.73. The number of aryl methyl sites for hydroxylation is 1. The lowest BCUT2D eigenvalue weighted by molar-refractivity contribution is 0.0698. The molecule has 1 N–H and O–H groups in total. The molecule has 1 aromatic carbocycles. The summed E-state index contributed by atoms with van der Waals surface area (Å²) in [6.07, 6.45) is 1.25. The lowest BCUT2D eigenvalue weighted by Crippen LogP contribution is -2.00. The highest BCUT2D eigenvalue weighted by molar-refractivity contribution is 6.01. The van der Waals surface area contributed by atoms with Crippen molar-refractivity contribution in [1.29, 1.82) is 0 Å². The summed E-state index contributed by atoms with van der Waals surface area (Å²) >= 11 is 0. The molecule has 0 amide bonds. The van der Waals surface area contributed by atoms with Crippen molar-refractivity contribution < 1.29 is 14.3 Å². The number of rotatable bonds is 1. The van der Waals surface area contributed by atoms with Crippen molar-refractivity contribution in [3.8, 4) is 0 Å². The molecule has 0 radical (unpaired) electrons. The Balaban J connectivity index is 2.88. The molecular weight excluding hydrogens is 170 g/mol. The third kappa shape index (κ3) is 1.07. The maximum absolute atomic E-state index is 10.9. The van der Waals surface area contributed by atoms with Gasteiger partial charge in [0.2, 0.25) is 0 Å². The predicted octanol–water partition coefficient (Wildman–Crippen LogP) is 1.83. The summed E-state index contributed by atoms with van der Waals surface area (Å²) in [4.78, 5) is 14.7. The van der Waals surface area contributed by atoms with Crippen molar-refractivity contribution in [2.24, 2.45) is 0 Å². The first-order valence-corrected chi connectivity index (χ1v) is 3.76. The second kappa shape index (κ2) is 2.58. The molecule has 0 saturated carbocycles. The molecule has 2 aromatic rings. The Kier molecular flexibility index (Phi) is 1.55. The maximum atomic E-state index is 10.9. The molecule has 0 aliphatic heterocycles. The lowest BCUT2D eigenvalue weighted by Gasteiger charge is -1.98. The number of benzene rings is 1. The minimum absolute atomic E-state index is 0.214. The normalized spacial score (nSPS) is 10.5. The average Bonchev–Trinajstić information content (AvgIpc) is 2.50. The van der Waals surface area contributed by atoms with Crippen LogP contribution in [0.3, 0.4) is 0 Å². The number of aromatic carboxylic acids is 1. The molecule has 0 fully saturated rings. The van der Waals surface area contributed by atoms with Gasteiger partial charge in [-0.15, -0.1) is 0 Å². The highest BCUT2D eigenvalue weighted by Crippen LogP contribution is 2.20. The molecular formula is C9H7NO3. The van der Waals surface area contributed by atoms with Crippen molar-refractivity contribution in [3.63, 3.8) is 0 Å². The Bertz CT molecular complexity index is 473. The van der Waals surface area contributed by atoms with E-state index in [1.807, 2.05) is 0 Å².